The van der Waals surface area contributed by atoms with Gasteiger partial charge in [-0.15, -0.1) is 0 Å². The number of rotatable bonds is 2. The minimum atomic E-state index is -0.675. The fraction of sp³-hybridized carbons (Fsp3) is 0.400. The zero-order chi connectivity index (χ0) is 14.3. The minimum Gasteiger partial charge on any atom is -0.301 e. The molecule has 1 aromatic carbocycles. The summed E-state index contributed by atoms with van der Waals surface area (Å²) in [6.07, 6.45) is 0.0746. The molecular formula is C15H17NO3. The van der Waals surface area contributed by atoms with Crippen LogP contribution in [-0.2, 0) is 9.59 Å². The molecule has 4 heteroatoms. The van der Waals surface area contributed by atoms with E-state index in [0.717, 1.165) is 11.1 Å². The van der Waals surface area contributed by atoms with Gasteiger partial charge in [0.25, 0.3) is 0 Å². The first-order valence-corrected chi connectivity index (χ1v) is 6.27. The van der Waals surface area contributed by atoms with Crippen LogP contribution in [0, 0.1) is 13.8 Å². The molecule has 1 amide bonds. The van der Waals surface area contributed by atoms with Gasteiger partial charge in [-0.2, -0.15) is 0 Å². The Bertz CT molecular complexity index is 589. The van der Waals surface area contributed by atoms with Crippen LogP contribution in [0.1, 0.15) is 41.8 Å². The van der Waals surface area contributed by atoms with Crippen molar-refractivity contribution in [3.05, 3.63) is 28.8 Å². The monoisotopic (exact) mass is 259 g/mol. The highest BCUT2D eigenvalue weighted by Gasteiger charge is 2.40. The predicted molar refractivity (Wildman–Crippen MR) is 72.5 cm³/mol. The van der Waals surface area contributed by atoms with Gasteiger partial charge >= 0.3 is 0 Å². The second kappa shape index (κ2) is 4.61. The largest absolute Gasteiger partial charge is 0.301 e. The highest BCUT2D eigenvalue weighted by Crippen LogP contribution is 2.35. The number of carbonyl (C=O) groups excluding carboxylic acids is 3. The average molecular weight is 259 g/mol. The van der Waals surface area contributed by atoms with Crippen molar-refractivity contribution in [2.45, 2.75) is 40.2 Å². The van der Waals surface area contributed by atoms with Crippen molar-refractivity contribution < 1.29 is 14.4 Å². The predicted octanol–water partition coefficient (Wildman–Crippen LogP) is 2.20. The first-order valence-electron chi connectivity index (χ1n) is 6.27. The van der Waals surface area contributed by atoms with Gasteiger partial charge in [-0.1, -0.05) is 0 Å². The molecule has 100 valence electrons. The van der Waals surface area contributed by atoms with Crippen LogP contribution in [0.15, 0.2) is 12.1 Å². The Labute approximate surface area is 112 Å². The van der Waals surface area contributed by atoms with Gasteiger partial charge in [0.15, 0.2) is 5.78 Å². The lowest BCUT2D eigenvalue weighted by molar-refractivity contribution is -0.118. The lowest BCUT2D eigenvalue weighted by atomic mass is 10.0. The molecule has 0 saturated heterocycles. The molecule has 1 aliphatic heterocycles. The molecule has 4 nitrogen and oxygen atoms in total. The van der Waals surface area contributed by atoms with Crippen molar-refractivity contribution in [3.8, 4) is 0 Å². The maximum Gasteiger partial charge on any atom is 0.224 e. The van der Waals surface area contributed by atoms with Crippen molar-refractivity contribution in [2.24, 2.45) is 0 Å². The molecule has 1 aliphatic rings. The summed E-state index contributed by atoms with van der Waals surface area (Å²) in [4.78, 5) is 36.9. The van der Waals surface area contributed by atoms with Crippen LogP contribution in [-0.4, -0.2) is 23.5 Å². The Morgan fingerprint density at radius 2 is 1.74 bits per heavy atom. The van der Waals surface area contributed by atoms with E-state index in [0.29, 0.717) is 11.3 Å². The summed E-state index contributed by atoms with van der Waals surface area (Å²) in [5.74, 6) is -0.434. The van der Waals surface area contributed by atoms with Crippen LogP contribution in [0.5, 0.6) is 0 Å². The van der Waals surface area contributed by atoms with E-state index >= 15 is 0 Å². The van der Waals surface area contributed by atoms with Gasteiger partial charge in [-0.25, -0.2) is 0 Å². The van der Waals surface area contributed by atoms with Crippen molar-refractivity contribution in [2.75, 3.05) is 4.90 Å². The van der Waals surface area contributed by atoms with Crippen LogP contribution >= 0.6 is 0 Å². The zero-order valence-corrected chi connectivity index (χ0v) is 11.6. The third-order valence-corrected chi connectivity index (χ3v) is 3.57. The third kappa shape index (κ3) is 2.18. The fourth-order valence-electron chi connectivity index (χ4n) is 2.51. The molecular weight excluding hydrogens is 242 g/mol. The maximum atomic E-state index is 12.4. The van der Waals surface area contributed by atoms with Gasteiger partial charge in [0, 0.05) is 18.9 Å². The quantitative estimate of drug-likeness (QED) is 0.818. The molecule has 0 radical (unpaired) electrons. The lowest BCUT2D eigenvalue weighted by Gasteiger charge is -2.22. The number of anilines is 1. The van der Waals surface area contributed by atoms with Gasteiger partial charge < -0.3 is 4.90 Å². The molecule has 0 N–H and O–H groups in total. The number of hydrogen-bond donors (Lipinski definition) is 0. The molecule has 1 aromatic rings. The van der Waals surface area contributed by atoms with E-state index in [1.165, 1.54) is 18.7 Å². The normalized spacial score (nSPS) is 17.6. The molecule has 2 rings (SSSR count). The van der Waals surface area contributed by atoms with Crippen LogP contribution in [0.4, 0.5) is 5.69 Å². The summed E-state index contributed by atoms with van der Waals surface area (Å²) >= 11 is 0. The highest BCUT2D eigenvalue weighted by atomic mass is 16.2. The topological polar surface area (TPSA) is 54.5 Å². The van der Waals surface area contributed by atoms with Crippen molar-refractivity contribution in [1.82, 2.24) is 0 Å². The number of hydrogen-bond acceptors (Lipinski definition) is 3. The first-order chi connectivity index (χ1) is 8.82. The molecule has 0 spiro atoms. The van der Waals surface area contributed by atoms with E-state index in [1.807, 2.05) is 26.0 Å². The SMILES string of the molecule is CC(=O)CC1C(=O)c2cc(C)c(C)cc2N1C(C)=O. The van der Waals surface area contributed by atoms with Crippen molar-refractivity contribution >= 4 is 23.2 Å². The summed E-state index contributed by atoms with van der Waals surface area (Å²) in [5, 5.41) is 0. The number of aryl methyl sites for hydroxylation is 2. The average Bonchev–Trinajstić information content (AvgIpc) is 2.53. The summed E-state index contributed by atoms with van der Waals surface area (Å²) in [6, 6.07) is 2.99. The van der Waals surface area contributed by atoms with Gasteiger partial charge in [-0.05, 0) is 44.0 Å². The van der Waals surface area contributed by atoms with Crippen LogP contribution in [0.2, 0.25) is 0 Å². The number of carbonyl (C=O) groups is 3. The van der Waals surface area contributed by atoms with Gasteiger partial charge in [0.05, 0.1) is 5.69 Å². The number of fused-ring (bicyclic) bond motifs is 1. The molecule has 1 atom stereocenters. The molecule has 0 aromatic heterocycles. The Morgan fingerprint density at radius 3 is 2.26 bits per heavy atom. The van der Waals surface area contributed by atoms with E-state index in [4.69, 9.17) is 0 Å². The Morgan fingerprint density at radius 1 is 1.16 bits per heavy atom. The lowest BCUT2D eigenvalue weighted by Crippen LogP contribution is -2.40. The standard InChI is InChI=1S/C15H17NO3/c1-8-5-12-13(6-9(8)2)16(11(4)18)14(15(12)19)7-10(3)17/h5-6,14H,7H2,1-4H3. The maximum absolute atomic E-state index is 12.4. The number of nitrogens with zero attached hydrogens (tertiary/aromatic N) is 1. The van der Waals surface area contributed by atoms with Crippen molar-refractivity contribution in [3.63, 3.8) is 0 Å². The van der Waals surface area contributed by atoms with Gasteiger partial charge in [-0.3, -0.25) is 14.4 Å². The second-order valence-electron chi connectivity index (χ2n) is 5.13. The molecule has 1 unspecified atom stereocenters. The Kier molecular flexibility index (Phi) is 3.27. The molecule has 19 heavy (non-hydrogen) atoms. The summed E-state index contributed by atoms with van der Waals surface area (Å²) in [5.41, 5.74) is 3.22. The second-order valence-corrected chi connectivity index (χ2v) is 5.13. The highest BCUT2D eigenvalue weighted by molar-refractivity contribution is 6.18. The molecule has 0 fully saturated rings. The Balaban J connectivity index is 2.57. The summed E-state index contributed by atoms with van der Waals surface area (Å²) in [6.45, 7) is 6.73. The fourth-order valence-corrected chi connectivity index (χ4v) is 2.51. The van der Waals surface area contributed by atoms with Crippen molar-refractivity contribution in [1.29, 1.82) is 0 Å². The first kappa shape index (κ1) is 13.5. The number of Topliss-reactive ketones (excluding diaryl/α,β-unsaturated/α-hetero) is 2. The van der Waals surface area contributed by atoms with Crippen LogP contribution in [0.25, 0.3) is 0 Å². The smallest absolute Gasteiger partial charge is 0.224 e. The van der Waals surface area contributed by atoms with Crippen LogP contribution < -0.4 is 4.90 Å². The summed E-state index contributed by atoms with van der Waals surface area (Å²) in [7, 11) is 0. The zero-order valence-electron chi connectivity index (χ0n) is 11.6. The molecule has 0 aliphatic carbocycles. The summed E-state index contributed by atoms with van der Waals surface area (Å²) < 4.78 is 0. The molecule has 0 bridgehead atoms. The Hall–Kier alpha value is -1.97. The number of amides is 1. The third-order valence-electron chi connectivity index (χ3n) is 3.57. The van der Waals surface area contributed by atoms with Crippen LogP contribution in [0.3, 0.4) is 0 Å². The van der Waals surface area contributed by atoms with Gasteiger partial charge in [0.2, 0.25) is 5.91 Å². The molecule has 1 heterocycles. The number of ketones is 2. The number of benzene rings is 1. The van der Waals surface area contributed by atoms with E-state index in [2.05, 4.69) is 0 Å². The molecule has 0 saturated carbocycles. The van der Waals surface area contributed by atoms with Gasteiger partial charge in [0.1, 0.15) is 11.8 Å². The van der Waals surface area contributed by atoms with E-state index < -0.39 is 6.04 Å². The minimum absolute atomic E-state index is 0.0746. The van der Waals surface area contributed by atoms with E-state index in [1.54, 1.807) is 0 Å². The van der Waals surface area contributed by atoms with E-state index in [-0.39, 0.29) is 23.9 Å². The van der Waals surface area contributed by atoms with E-state index in [9.17, 15) is 14.4 Å².